The number of anilines is 2. The molecular weight excluding hydrogens is 581 g/mol. The second-order valence-electron chi connectivity index (χ2n) is 15.1. The van der Waals surface area contributed by atoms with E-state index in [0.717, 1.165) is 32.1 Å². The van der Waals surface area contributed by atoms with Gasteiger partial charge < -0.3 is 9.80 Å². The second-order valence-corrected chi connectivity index (χ2v) is 15.1. The largest absolute Gasteiger partial charge is 0.334 e. The molecule has 48 heavy (non-hydrogen) atoms. The molecule has 248 valence electrons. The molecule has 0 radical (unpaired) electrons. The van der Waals surface area contributed by atoms with Crippen LogP contribution in [0.15, 0.2) is 144 Å². The molecule has 2 heteroatoms. The Balaban J connectivity index is 1.17. The van der Waals surface area contributed by atoms with Crippen molar-refractivity contribution >= 4 is 11.4 Å². The minimum atomic E-state index is 0.183. The van der Waals surface area contributed by atoms with Crippen molar-refractivity contribution in [2.24, 2.45) is 11.8 Å². The lowest BCUT2D eigenvalue weighted by molar-refractivity contribution is 0.222. The molecule has 0 spiro atoms. The van der Waals surface area contributed by atoms with Crippen molar-refractivity contribution in [2.75, 3.05) is 4.90 Å². The molecule has 2 aromatic carbocycles. The van der Waals surface area contributed by atoms with E-state index in [1.165, 1.54) is 82.8 Å². The Hall–Kier alpha value is -4.04. The number of aryl methyl sites for hydroxylation is 1. The van der Waals surface area contributed by atoms with Crippen molar-refractivity contribution in [3.05, 3.63) is 155 Å². The lowest BCUT2D eigenvalue weighted by Crippen LogP contribution is -2.37. The van der Waals surface area contributed by atoms with Gasteiger partial charge >= 0.3 is 0 Å². The minimum Gasteiger partial charge on any atom is -0.334 e. The van der Waals surface area contributed by atoms with Gasteiger partial charge in [-0.25, -0.2) is 0 Å². The van der Waals surface area contributed by atoms with Crippen molar-refractivity contribution in [1.82, 2.24) is 4.90 Å². The van der Waals surface area contributed by atoms with E-state index in [1.807, 2.05) is 0 Å². The molecule has 0 amide bonds. The molecule has 2 aromatic rings. The summed E-state index contributed by atoms with van der Waals surface area (Å²) in [6.07, 6.45) is 38.5. The van der Waals surface area contributed by atoms with Crippen LogP contribution >= 0.6 is 0 Å². The van der Waals surface area contributed by atoms with Gasteiger partial charge in [-0.3, -0.25) is 0 Å². The predicted octanol–water partition coefficient (Wildman–Crippen LogP) is 12.5. The topological polar surface area (TPSA) is 6.48 Å². The Labute approximate surface area is 290 Å². The van der Waals surface area contributed by atoms with Crippen molar-refractivity contribution < 1.29 is 0 Å². The van der Waals surface area contributed by atoms with E-state index in [4.69, 9.17) is 0 Å². The van der Waals surface area contributed by atoms with Gasteiger partial charge in [0.15, 0.2) is 0 Å². The highest BCUT2D eigenvalue weighted by Gasteiger charge is 2.41. The Morgan fingerprint density at radius 1 is 0.646 bits per heavy atom. The lowest BCUT2D eigenvalue weighted by Gasteiger charge is -2.45. The summed E-state index contributed by atoms with van der Waals surface area (Å²) in [4.78, 5) is 5.09. The quantitative estimate of drug-likeness (QED) is 0.285. The van der Waals surface area contributed by atoms with Gasteiger partial charge in [0.2, 0.25) is 0 Å². The summed E-state index contributed by atoms with van der Waals surface area (Å²) in [7, 11) is 0. The molecule has 0 bridgehead atoms. The molecular formula is C46H54N2. The third kappa shape index (κ3) is 6.77. The van der Waals surface area contributed by atoms with Crippen LogP contribution in [0, 0.1) is 18.8 Å². The summed E-state index contributed by atoms with van der Waals surface area (Å²) in [5.74, 6) is 1.12. The first-order valence-electron chi connectivity index (χ1n) is 18.6. The van der Waals surface area contributed by atoms with Gasteiger partial charge in [0.05, 0.1) is 6.04 Å². The molecule has 3 unspecified atom stereocenters. The van der Waals surface area contributed by atoms with E-state index < -0.39 is 0 Å². The van der Waals surface area contributed by atoms with Gasteiger partial charge in [0.1, 0.15) is 0 Å². The zero-order valence-corrected chi connectivity index (χ0v) is 29.7. The molecule has 0 heterocycles. The van der Waals surface area contributed by atoms with Gasteiger partial charge in [-0.15, -0.1) is 0 Å². The van der Waals surface area contributed by atoms with Gasteiger partial charge in [-0.05, 0) is 126 Å². The maximum absolute atomic E-state index is 2.59. The Kier molecular flexibility index (Phi) is 9.62. The molecule has 0 aliphatic heterocycles. The van der Waals surface area contributed by atoms with E-state index in [2.05, 4.69) is 153 Å². The average molecular weight is 635 g/mol. The first kappa shape index (κ1) is 32.5. The zero-order chi connectivity index (χ0) is 33.1. The molecule has 0 saturated heterocycles. The van der Waals surface area contributed by atoms with Gasteiger partial charge in [0, 0.05) is 33.9 Å². The van der Waals surface area contributed by atoms with Crippen LogP contribution in [0.25, 0.3) is 0 Å². The smallest absolute Gasteiger partial charge is 0.0560 e. The number of benzene rings is 2. The molecule has 3 atom stereocenters. The minimum absolute atomic E-state index is 0.183. The molecule has 7 rings (SSSR count). The zero-order valence-electron chi connectivity index (χ0n) is 29.7. The predicted molar refractivity (Wildman–Crippen MR) is 205 cm³/mol. The van der Waals surface area contributed by atoms with Crippen LogP contribution < -0.4 is 4.90 Å². The maximum Gasteiger partial charge on any atom is 0.0560 e. The standard InChI is InChI=1S/C46H54N2/c1-34-8-20-40(21-9-34)47(41-22-10-35(2)11-23-41)44-28-16-38(17-29-44)46(32-6-5-7-33-46)39-18-30-45(31-19-39)48(42-24-12-36(3)13-25-42)43-26-14-37(4)15-27-43/h8-12,14,16-18,20-22,24-26,28-31,36,39,41H,5-7,13,15,19,23,27,32-33H2,1-4H3. The third-order valence-electron chi connectivity index (χ3n) is 11.6. The summed E-state index contributed by atoms with van der Waals surface area (Å²) in [5.41, 5.74) is 12.5. The average Bonchev–Trinajstić information content (AvgIpc) is 3.13. The van der Waals surface area contributed by atoms with Crippen molar-refractivity contribution in [3.63, 3.8) is 0 Å². The fourth-order valence-electron chi connectivity index (χ4n) is 8.62. The van der Waals surface area contributed by atoms with E-state index in [9.17, 15) is 0 Å². The lowest BCUT2D eigenvalue weighted by atomic mass is 9.60. The maximum atomic E-state index is 2.59. The van der Waals surface area contributed by atoms with Crippen LogP contribution in [0.2, 0.25) is 0 Å². The SMILES string of the molecule is CC1=CCC(N(c2ccc(C)cc2)c2ccc(C3(C4C=CC(N(C5=CCC(C)C=C5)C5=CC=C(C)CC5)=CC4)CCCCC3)cc2)C=C1. The van der Waals surface area contributed by atoms with E-state index in [-0.39, 0.29) is 5.41 Å². The van der Waals surface area contributed by atoms with Crippen LogP contribution in [0.5, 0.6) is 0 Å². The molecule has 0 N–H and O–H groups in total. The molecule has 1 saturated carbocycles. The number of hydrogen-bond acceptors (Lipinski definition) is 2. The first-order chi connectivity index (χ1) is 23.4. The van der Waals surface area contributed by atoms with Crippen molar-refractivity contribution in [1.29, 1.82) is 0 Å². The molecule has 5 aliphatic rings. The number of rotatable bonds is 8. The summed E-state index contributed by atoms with van der Waals surface area (Å²) in [6.45, 7) is 8.94. The number of hydrogen-bond donors (Lipinski definition) is 0. The Morgan fingerprint density at radius 2 is 1.33 bits per heavy atom. The normalized spacial score (nSPS) is 25.0. The van der Waals surface area contributed by atoms with Crippen LogP contribution in [-0.4, -0.2) is 10.9 Å². The molecule has 0 aromatic heterocycles. The van der Waals surface area contributed by atoms with Crippen LogP contribution in [-0.2, 0) is 5.41 Å². The molecule has 2 nitrogen and oxygen atoms in total. The highest BCUT2D eigenvalue weighted by Crippen LogP contribution is 2.49. The van der Waals surface area contributed by atoms with Crippen LogP contribution in [0.4, 0.5) is 11.4 Å². The fourth-order valence-corrected chi connectivity index (χ4v) is 8.62. The van der Waals surface area contributed by atoms with Crippen molar-refractivity contribution in [2.45, 2.75) is 103 Å². The summed E-state index contributed by atoms with van der Waals surface area (Å²) in [5, 5.41) is 0. The first-order valence-corrected chi connectivity index (χ1v) is 18.6. The fraction of sp³-hybridized carbons (Fsp3) is 0.391. The van der Waals surface area contributed by atoms with Crippen LogP contribution in [0.3, 0.4) is 0 Å². The number of nitrogens with zero attached hydrogens (tertiary/aromatic N) is 2. The van der Waals surface area contributed by atoms with Gasteiger partial charge in [-0.2, -0.15) is 0 Å². The second kappa shape index (κ2) is 14.2. The highest BCUT2D eigenvalue weighted by molar-refractivity contribution is 5.66. The van der Waals surface area contributed by atoms with E-state index >= 15 is 0 Å². The third-order valence-corrected chi connectivity index (χ3v) is 11.6. The van der Waals surface area contributed by atoms with Crippen LogP contribution in [0.1, 0.15) is 96.1 Å². The Bertz CT molecular complexity index is 1710. The highest BCUT2D eigenvalue weighted by atomic mass is 15.2. The van der Waals surface area contributed by atoms with Gasteiger partial charge in [0.25, 0.3) is 0 Å². The number of allylic oxidation sites excluding steroid dienone is 12. The van der Waals surface area contributed by atoms with Gasteiger partial charge in [-0.1, -0.05) is 116 Å². The molecule has 1 fully saturated rings. The molecule has 5 aliphatic carbocycles. The summed E-state index contributed by atoms with van der Waals surface area (Å²) in [6, 6.07) is 19.1. The van der Waals surface area contributed by atoms with Crippen molar-refractivity contribution in [3.8, 4) is 0 Å². The Morgan fingerprint density at radius 3 is 1.92 bits per heavy atom. The monoisotopic (exact) mass is 634 g/mol. The summed E-state index contributed by atoms with van der Waals surface area (Å²) >= 11 is 0. The van der Waals surface area contributed by atoms with E-state index in [1.54, 1.807) is 0 Å². The summed E-state index contributed by atoms with van der Waals surface area (Å²) < 4.78 is 0. The van der Waals surface area contributed by atoms with E-state index in [0.29, 0.717) is 17.9 Å².